The summed E-state index contributed by atoms with van der Waals surface area (Å²) in [5.41, 5.74) is 2.71. The molecule has 1 aromatic heterocycles. The van der Waals surface area contributed by atoms with E-state index >= 15 is 0 Å². The maximum atomic E-state index is 13.0. The van der Waals surface area contributed by atoms with Gasteiger partial charge in [0.2, 0.25) is 10.0 Å². The van der Waals surface area contributed by atoms with Crippen molar-refractivity contribution in [1.29, 1.82) is 0 Å². The molecule has 0 saturated heterocycles. The van der Waals surface area contributed by atoms with Crippen LogP contribution in [0.3, 0.4) is 0 Å². The molecular weight excluding hydrogens is 296 g/mol. The fourth-order valence-corrected chi connectivity index (χ4v) is 4.26. The van der Waals surface area contributed by atoms with Gasteiger partial charge in [-0.1, -0.05) is 23.8 Å². The Hall–Kier alpha value is -1.72. The van der Waals surface area contributed by atoms with E-state index < -0.39 is 10.0 Å². The van der Waals surface area contributed by atoms with Gasteiger partial charge in [0.25, 0.3) is 0 Å². The van der Waals surface area contributed by atoms with Crippen molar-refractivity contribution in [3.8, 4) is 0 Å². The number of sulfonamides is 1. The number of pyridine rings is 1. The first-order valence-electron chi connectivity index (χ1n) is 7.30. The van der Waals surface area contributed by atoms with E-state index in [9.17, 15) is 8.42 Å². The van der Waals surface area contributed by atoms with Gasteiger partial charge in [0.15, 0.2) is 0 Å². The molecule has 5 heteroatoms. The Labute approximate surface area is 132 Å². The van der Waals surface area contributed by atoms with E-state index in [1.165, 1.54) is 4.31 Å². The molecule has 1 aromatic carbocycles. The molecule has 0 spiro atoms. The lowest BCUT2D eigenvalue weighted by Gasteiger charge is -2.26. The summed E-state index contributed by atoms with van der Waals surface area (Å²) in [6, 6.07) is 9.00. The first-order valence-corrected chi connectivity index (χ1v) is 8.74. The average Bonchev–Trinajstić information content (AvgIpc) is 2.45. The molecule has 22 heavy (non-hydrogen) atoms. The monoisotopic (exact) mass is 318 g/mol. The lowest BCUT2D eigenvalue weighted by molar-refractivity contribution is 0.347. The van der Waals surface area contributed by atoms with Crippen LogP contribution in [0.25, 0.3) is 0 Å². The maximum absolute atomic E-state index is 13.0. The van der Waals surface area contributed by atoms with Crippen LogP contribution in [-0.2, 0) is 16.6 Å². The summed E-state index contributed by atoms with van der Waals surface area (Å²) in [7, 11) is -3.54. The molecule has 0 fully saturated rings. The van der Waals surface area contributed by atoms with Gasteiger partial charge in [0.1, 0.15) is 0 Å². The Balaban J connectivity index is 2.42. The van der Waals surface area contributed by atoms with Gasteiger partial charge in [-0.25, -0.2) is 8.42 Å². The largest absolute Gasteiger partial charge is 0.264 e. The summed E-state index contributed by atoms with van der Waals surface area (Å²) >= 11 is 0. The van der Waals surface area contributed by atoms with Crippen LogP contribution in [0, 0.1) is 13.8 Å². The summed E-state index contributed by atoms with van der Waals surface area (Å²) in [5, 5.41) is 0. The second-order valence-corrected chi connectivity index (χ2v) is 7.63. The molecule has 0 N–H and O–H groups in total. The van der Waals surface area contributed by atoms with Crippen molar-refractivity contribution in [3.05, 3.63) is 59.4 Å². The summed E-state index contributed by atoms with van der Waals surface area (Å²) in [4.78, 5) is 4.43. The van der Waals surface area contributed by atoms with Crippen molar-refractivity contribution in [2.24, 2.45) is 0 Å². The van der Waals surface area contributed by atoms with Gasteiger partial charge in [-0.05, 0) is 51.0 Å². The number of benzene rings is 1. The number of hydrogen-bond donors (Lipinski definition) is 0. The molecule has 0 aliphatic carbocycles. The number of nitrogens with zero attached hydrogens (tertiary/aromatic N) is 2. The summed E-state index contributed by atoms with van der Waals surface area (Å²) in [6.45, 7) is 7.89. The van der Waals surface area contributed by atoms with E-state index in [-0.39, 0.29) is 6.04 Å². The molecule has 0 aliphatic heterocycles. The van der Waals surface area contributed by atoms with Crippen LogP contribution in [0.1, 0.15) is 30.5 Å². The number of aryl methyl sites for hydroxylation is 2. The third kappa shape index (κ3) is 3.54. The molecule has 0 radical (unpaired) electrons. The van der Waals surface area contributed by atoms with Crippen LogP contribution in [0.2, 0.25) is 0 Å². The fraction of sp³-hybridized carbons (Fsp3) is 0.353. The van der Waals surface area contributed by atoms with Crippen LogP contribution >= 0.6 is 0 Å². The van der Waals surface area contributed by atoms with Crippen LogP contribution in [0.4, 0.5) is 0 Å². The van der Waals surface area contributed by atoms with Crippen molar-refractivity contribution in [3.63, 3.8) is 0 Å². The maximum Gasteiger partial charge on any atom is 0.243 e. The first kappa shape index (κ1) is 16.6. The van der Waals surface area contributed by atoms with E-state index in [1.54, 1.807) is 18.5 Å². The smallest absolute Gasteiger partial charge is 0.243 e. The highest BCUT2D eigenvalue weighted by Crippen LogP contribution is 2.24. The highest BCUT2D eigenvalue weighted by molar-refractivity contribution is 7.89. The third-order valence-corrected chi connectivity index (χ3v) is 5.74. The average molecular weight is 318 g/mol. The van der Waals surface area contributed by atoms with Gasteiger partial charge in [-0.2, -0.15) is 4.31 Å². The van der Waals surface area contributed by atoms with Crippen molar-refractivity contribution in [2.45, 2.75) is 45.2 Å². The van der Waals surface area contributed by atoms with Gasteiger partial charge < -0.3 is 0 Å². The topological polar surface area (TPSA) is 50.3 Å². The van der Waals surface area contributed by atoms with Crippen LogP contribution in [0.15, 0.2) is 47.6 Å². The standard InChI is InChI=1S/C17H22N2O2S/c1-13(2)19(12-16-6-5-9-18-11-16)22(20,21)17-8-7-14(3)10-15(17)4/h5-11,13H,12H2,1-4H3. The highest BCUT2D eigenvalue weighted by atomic mass is 32.2. The molecule has 0 bridgehead atoms. The van der Waals surface area contributed by atoms with E-state index in [4.69, 9.17) is 0 Å². The van der Waals surface area contributed by atoms with Crippen molar-refractivity contribution < 1.29 is 8.42 Å². The zero-order valence-corrected chi connectivity index (χ0v) is 14.3. The van der Waals surface area contributed by atoms with Crippen LogP contribution < -0.4 is 0 Å². The minimum absolute atomic E-state index is 0.133. The predicted molar refractivity (Wildman–Crippen MR) is 88.0 cm³/mol. The SMILES string of the molecule is Cc1ccc(S(=O)(=O)N(Cc2cccnc2)C(C)C)c(C)c1. The Morgan fingerprint density at radius 1 is 1.18 bits per heavy atom. The quantitative estimate of drug-likeness (QED) is 0.850. The predicted octanol–water partition coefficient (Wildman–Crippen LogP) is 3.30. The van der Waals surface area contributed by atoms with Crippen molar-refractivity contribution >= 4 is 10.0 Å². The van der Waals surface area contributed by atoms with E-state index in [2.05, 4.69) is 4.98 Å². The highest BCUT2D eigenvalue weighted by Gasteiger charge is 2.28. The first-order chi connectivity index (χ1) is 10.3. The summed E-state index contributed by atoms with van der Waals surface area (Å²) < 4.78 is 27.5. The Morgan fingerprint density at radius 3 is 2.45 bits per heavy atom. The molecule has 0 saturated carbocycles. The second-order valence-electron chi connectivity index (χ2n) is 5.77. The molecule has 2 rings (SSSR count). The third-order valence-electron chi connectivity index (χ3n) is 3.55. The summed E-state index contributed by atoms with van der Waals surface area (Å²) in [5.74, 6) is 0. The summed E-state index contributed by atoms with van der Waals surface area (Å²) in [6.07, 6.45) is 3.38. The zero-order valence-electron chi connectivity index (χ0n) is 13.4. The van der Waals surface area contributed by atoms with E-state index in [0.717, 1.165) is 16.7 Å². The normalized spacial score (nSPS) is 12.1. The van der Waals surface area contributed by atoms with Crippen LogP contribution in [0.5, 0.6) is 0 Å². The molecule has 2 aromatic rings. The Bertz CT molecular complexity index is 741. The van der Waals surface area contributed by atoms with Crippen molar-refractivity contribution in [1.82, 2.24) is 9.29 Å². The molecule has 0 unspecified atom stereocenters. The molecule has 1 heterocycles. The van der Waals surface area contributed by atoms with Gasteiger partial charge in [0, 0.05) is 25.0 Å². The van der Waals surface area contributed by atoms with E-state index in [1.807, 2.05) is 52.0 Å². The molecule has 118 valence electrons. The fourth-order valence-electron chi connectivity index (χ4n) is 2.43. The van der Waals surface area contributed by atoms with Crippen molar-refractivity contribution in [2.75, 3.05) is 0 Å². The lowest BCUT2D eigenvalue weighted by atomic mass is 10.2. The lowest BCUT2D eigenvalue weighted by Crippen LogP contribution is -2.36. The number of rotatable bonds is 5. The molecule has 4 nitrogen and oxygen atoms in total. The van der Waals surface area contributed by atoms with Gasteiger partial charge in [-0.3, -0.25) is 4.98 Å². The van der Waals surface area contributed by atoms with Gasteiger partial charge in [-0.15, -0.1) is 0 Å². The zero-order chi connectivity index (χ0) is 16.3. The number of hydrogen-bond acceptors (Lipinski definition) is 3. The minimum atomic E-state index is -3.54. The molecular formula is C17H22N2O2S. The molecule has 0 atom stereocenters. The van der Waals surface area contributed by atoms with Gasteiger partial charge in [0.05, 0.1) is 4.90 Å². The second kappa shape index (κ2) is 6.58. The Kier molecular flexibility index (Phi) is 4.98. The Morgan fingerprint density at radius 2 is 1.91 bits per heavy atom. The van der Waals surface area contributed by atoms with Gasteiger partial charge >= 0.3 is 0 Å². The molecule has 0 aliphatic rings. The number of aromatic nitrogens is 1. The minimum Gasteiger partial charge on any atom is -0.264 e. The molecule has 0 amide bonds. The van der Waals surface area contributed by atoms with E-state index in [0.29, 0.717) is 11.4 Å². The van der Waals surface area contributed by atoms with Crippen LogP contribution in [-0.4, -0.2) is 23.7 Å².